The van der Waals surface area contributed by atoms with Crippen LogP contribution in [0, 0.1) is 11.3 Å². The third-order valence-corrected chi connectivity index (χ3v) is 10.4. The number of nitrogens with zero attached hydrogens (tertiary/aromatic N) is 4. The van der Waals surface area contributed by atoms with E-state index in [0.29, 0.717) is 5.56 Å². The number of thiazole rings is 2. The fourth-order valence-corrected chi connectivity index (χ4v) is 8.08. The second kappa shape index (κ2) is 10.2. The van der Waals surface area contributed by atoms with Crippen molar-refractivity contribution in [2.75, 3.05) is 0 Å². The van der Waals surface area contributed by atoms with Crippen LogP contribution in [-0.4, -0.2) is 14.5 Å². The molecule has 0 radical (unpaired) electrons. The first kappa shape index (κ1) is 25.8. The van der Waals surface area contributed by atoms with Gasteiger partial charge in [0.25, 0.3) is 0 Å². The van der Waals surface area contributed by atoms with Gasteiger partial charge in [0, 0.05) is 27.6 Å². The Bertz CT molecular complexity index is 2440. The number of benzene rings is 6. The molecule has 9 rings (SSSR count). The first-order valence-corrected chi connectivity index (χ1v) is 16.3. The second-order valence-corrected chi connectivity index (χ2v) is 13.1. The Morgan fingerprint density at radius 2 is 1.07 bits per heavy atom. The molecule has 4 nitrogen and oxygen atoms in total. The molecular weight excluding hydrogens is 589 g/mol. The third kappa shape index (κ3) is 4.33. The Kier molecular flexibility index (Phi) is 5.88. The predicted octanol–water partition coefficient (Wildman–Crippen LogP) is 10.9. The van der Waals surface area contributed by atoms with Crippen LogP contribution in [0.1, 0.15) is 5.56 Å². The van der Waals surface area contributed by atoms with Crippen molar-refractivity contribution in [3.63, 3.8) is 0 Å². The fraction of sp³-hybridized carbons (Fsp3) is 0. The monoisotopic (exact) mass is 610 g/mol. The van der Waals surface area contributed by atoms with E-state index in [4.69, 9.17) is 9.97 Å². The number of hydrogen-bond acceptors (Lipinski definition) is 5. The van der Waals surface area contributed by atoms with Crippen LogP contribution in [0.4, 0.5) is 0 Å². The summed E-state index contributed by atoms with van der Waals surface area (Å²) in [4.78, 5) is 9.93. The van der Waals surface area contributed by atoms with Crippen molar-refractivity contribution in [3.8, 4) is 44.0 Å². The quantitative estimate of drug-likeness (QED) is 0.199. The molecule has 0 aliphatic rings. The van der Waals surface area contributed by atoms with Crippen molar-refractivity contribution in [2.24, 2.45) is 0 Å². The number of fused-ring (bicyclic) bond motifs is 5. The number of rotatable bonds is 4. The molecule has 0 aliphatic heterocycles. The molecule has 6 aromatic carbocycles. The molecule has 6 heteroatoms. The Labute approximate surface area is 266 Å². The Hall–Kier alpha value is -5.61. The first-order chi connectivity index (χ1) is 22.2. The van der Waals surface area contributed by atoms with Crippen LogP contribution >= 0.6 is 22.7 Å². The molecule has 0 fully saturated rings. The summed E-state index contributed by atoms with van der Waals surface area (Å²) in [7, 11) is 0. The topological polar surface area (TPSA) is 54.5 Å². The molecule has 0 bridgehead atoms. The number of nitriles is 1. The minimum Gasteiger partial charge on any atom is -0.309 e. The number of hydrogen-bond donors (Lipinski definition) is 0. The molecule has 0 N–H and O–H groups in total. The molecule has 0 saturated heterocycles. The van der Waals surface area contributed by atoms with Gasteiger partial charge in [-0.3, -0.25) is 0 Å². The lowest BCUT2D eigenvalue weighted by molar-refractivity contribution is 1.18. The molecule has 0 amide bonds. The molecule has 0 atom stereocenters. The highest BCUT2D eigenvalue weighted by Crippen LogP contribution is 2.40. The summed E-state index contributed by atoms with van der Waals surface area (Å²) in [6, 6.07) is 48.6. The normalized spacial score (nSPS) is 11.5. The zero-order chi connectivity index (χ0) is 29.9. The molecule has 0 spiro atoms. The van der Waals surface area contributed by atoms with Gasteiger partial charge in [-0.2, -0.15) is 5.26 Å². The van der Waals surface area contributed by atoms with E-state index in [0.717, 1.165) is 60.0 Å². The van der Waals surface area contributed by atoms with Crippen LogP contribution in [0.3, 0.4) is 0 Å². The molecule has 3 aromatic heterocycles. The summed E-state index contributed by atoms with van der Waals surface area (Å²) in [6.07, 6.45) is 0. The molecule has 3 heterocycles. The lowest BCUT2D eigenvalue weighted by atomic mass is 10.0. The maximum Gasteiger partial charge on any atom is 0.124 e. The Morgan fingerprint density at radius 1 is 0.511 bits per heavy atom. The van der Waals surface area contributed by atoms with Crippen molar-refractivity contribution < 1.29 is 0 Å². The lowest BCUT2D eigenvalue weighted by Gasteiger charge is -2.11. The molecule has 9 aromatic rings. The molecule has 0 aliphatic carbocycles. The van der Waals surface area contributed by atoms with E-state index in [9.17, 15) is 5.26 Å². The Balaban J connectivity index is 1.27. The summed E-state index contributed by atoms with van der Waals surface area (Å²) in [5, 5.41) is 13.8. The minimum absolute atomic E-state index is 0.652. The maximum absolute atomic E-state index is 9.48. The molecule has 210 valence electrons. The predicted molar refractivity (Wildman–Crippen MR) is 188 cm³/mol. The van der Waals surface area contributed by atoms with Gasteiger partial charge < -0.3 is 4.57 Å². The van der Waals surface area contributed by atoms with E-state index >= 15 is 0 Å². The zero-order valence-electron chi connectivity index (χ0n) is 23.8. The second-order valence-electron chi connectivity index (χ2n) is 11.0. The van der Waals surface area contributed by atoms with Gasteiger partial charge in [0.15, 0.2) is 0 Å². The highest BCUT2D eigenvalue weighted by atomic mass is 32.1. The molecule has 0 saturated carbocycles. The summed E-state index contributed by atoms with van der Waals surface area (Å²) in [6.45, 7) is 0. The van der Waals surface area contributed by atoms with Gasteiger partial charge >= 0.3 is 0 Å². The van der Waals surface area contributed by atoms with Crippen LogP contribution in [0.5, 0.6) is 0 Å². The van der Waals surface area contributed by atoms with Gasteiger partial charge in [0.1, 0.15) is 10.0 Å². The van der Waals surface area contributed by atoms with Crippen LogP contribution in [0.2, 0.25) is 0 Å². The van der Waals surface area contributed by atoms with Gasteiger partial charge in [0.2, 0.25) is 0 Å². The minimum atomic E-state index is 0.652. The molecule has 45 heavy (non-hydrogen) atoms. The summed E-state index contributed by atoms with van der Waals surface area (Å²) in [5.74, 6) is 0. The van der Waals surface area contributed by atoms with E-state index < -0.39 is 0 Å². The average molecular weight is 611 g/mol. The van der Waals surface area contributed by atoms with Gasteiger partial charge in [-0.15, -0.1) is 22.7 Å². The Morgan fingerprint density at radius 3 is 1.64 bits per heavy atom. The van der Waals surface area contributed by atoms with E-state index in [-0.39, 0.29) is 0 Å². The molecule has 0 unspecified atom stereocenters. The fourth-order valence-electron chi connectivity index (χ4n) is 6.15. The van der Waals surface area contributed by atoms with E-state index in [1.807, 2.05) is 30.3 Å². The van der Waals surface area contributed by atoms with Gasteiger partial charge in [-0.05, 0) is 96.1 Å². The maximum atomic E-state index is 9.48. The zero-order valence-corrected chi connectivity index (χ0v) is 25.4. The SMILES string of the molecule is N#Cc1cccc(-c2cccc(-n3c4ccc(-c5nc6ccccc6s5)cc4c4cc(-c5nc6ccccc6s5)ccc43)c2)c1. The van der Waals surface area contributed by atoms with Crippen LogP contribution in [0.15, 0.2) is 133 Å². The summed E-state index contributed by atoms with van der Waals surface area (Å²) < 4.78 is 4.71. The van der Waals surface area contributed by atoms with Crippen molar-refractivity contribution in [2.45, 2.75) is 0 Å². The van der Waals surface area contributed by atoms with E-state index in [1.165, 1.54) is 20.2 Å². The van der Waals surface area contributed by atoms with Crippen molar-refractivity contribution >= 4 is 64.9 Å². The van der Waals surface area contributed by atoms with Gasteiger partial charge in [0.05, 0.1) is 43.1 Å². The number of aromatic nitrogens is 3. The van der Waals surface area contributed by atoms with E-state index in [2.05, 4.69) is 114 Å². The largest absolute Gasteiger partial charge is 0.309 e. The van der Waals surface area contributed by atoms with E-state index in [1.54, 1.807) is 22.7 Å². The van der Waals surface area contributed by atoms with Crippen LogP contribution in [-0.2, 0) is 0 Å². The summed E-state index contributed by atoms with van der Waals surface area (Å²) >= 11 is 3.45. The highest BCUT2D eigenvalue weighted by Gasteiger charge is 2.17. The molecular formula is C39H22N4S2. The van der Waals surface area contributed by atoms with Crippen molar-refractivity contribution in [1.82, 2.24) is 14.5 Å². The number of para-hydroxylation sites is 2. The van der Waals surface area contributed by atoms with Crippen LogP contribution < -0.4 is 0 Å². The first-order valence-electron chi connectivity index (χ1n) is 14.6. The highest BCUT2D eigenvalue weighted by molar-refractivity contribution is 7.22. The van der Waals surface area contributed by atoms with Crippen LogP contribution in [0.25, 0.3) is 80.2 Å². The third-order valence-electron chi connectivity index (χ3n) is 8.28. The smallest absolute Gasteiger partial charge is 0.124 e. The van der Waals surface area contributed by atoms with Gasteiger partial charge in [-0.25, -0.2) is 9.97 Å². The summed E-state index contributed by atoms with van der Waals surface area (Å²) in [5.41, 5.74) is 10.3. The lowest BCUT2D eigenvalue weighted by Crippen LogP contribution is -1.94. The standard InChI is InChI=1S/C39H22N4S2/c40-23-24-7-5-8-25(19-24)26-9-6-10-29(20-26)43-34-17-15-27(38-41-32-11-1-3-13-36(32)44-38)21-30(34)31-22-28(16-18-35(31)43)39-42-33-12-2-4-14-37(33)45-39/h1-22H. The van der Waals surface area contributed by atoms with Gasteiger partial charge in [-0.1, -0.05) is 48.5 Å². The average Bonchev–Trinajstić information content (AvgIpc) is 3.81. The van der Waals surface area contributed by atoms with Crippen molar-refractivity contribution in [1.29, 1.82) is 5.26 Å². The van der Waals surface area contributed by atoms with Crippen molar-refractivity contribution in [3.05, 3.63) is 139 Å².